The number of hydrogen-bond acceptors (Lipinski definition) is 3. The number of carbonyl (C=O) groups is 1. The molecule has 118 valence electrons. The molecule has 1 heterocycles. The fourth-order valence-corrected chi connectivity index (χ4v) is 3.28. The largest absolute Gasteiger partial charge is 0.352 e. The van der Waals surface area contributed by atoms with Gasteiger partial charge in [0.1, 0.15) is 0 Å². The van der Waals surface area contributed by atoms with E-state index in [1.807, 2.05) is 25.1 Å². The van der Waals surface area contributed by atoms with Gasteiger partial charge in [-0.2, -0.15) is 0 Å². The van der Waals surface area contributed by atoms with Crippen LogP contribution in [0.5, 0.6) is 0 Å². The Kier molecular flexibility index (Phi) is 5.91. The SMILES string of the molecule is C=CCNC(=O)C(C)Sc1nc2cc(Cl)ccc2n1CCC. The Hall–Kier alpha value is -1.46. The predicted molar refractivity (Wildman–Crippen MR) is 93.6 cm³/mol. The number of hydrogen-bond donors (Lipinski definition) is 1. The highest BCUT2D eigenvalue weighted by Crippen LogP contribution is 2.29. The number of amides is 1. The molecule has 0 aliphatic heterocycles. The van der Waals surface area contributed by atoms with Crippen molar-refractivity contribution in [3.8, 4) is 0 Å². The second-order valence-electron chi connectivity index (χ2n) is 4.97. The fourth-order valence-electron chi connectivity index (χ4n) is 2.14. The van der Waals surface area contributed by atoms with E-state index in [9.17, 15) is 4.79 Å². The summed E-state index contributed by atoms with van der Waals surface area (Å²) in [4.78, 5) is 16.6. The molecule has 0 aliphatic rings. The molecule has 1 unspecified atom stereocenters. The van der Waals surface area contributed by atoms with E-state index >= 15 is 0 Å². The lowest BCUT2D eigenvalue weighted by Gasteiger charge is -2.12. The molecule has 0 saturated carbocycles. The van der Waals surface area contributed by atoms with Crippen molar-refractivity contribution in [1.82, 2.24) is 14.9 Å². The molecule has 2 aromatic rings. The van der Waals surface area contributed by atoms with E-state index in [0.717, 1.165) is 29.2 Å². The third kappa shape index (κ3) is 3.84. The summed E-state index contributed by atoms with van der Waals surface area (Å²) in [5.41, 5.74) is 1.91. The minimum atomic E-state index is -0.220. The summed E-state index contributed by atoms with van der Waals surface area (Å²) in [5.74, 6) is -0.0157. The lowest BCUT2D eigenvalue weighted by molar-refractivity contribution is -0.120. The van der Waals surface area contributed by atoms with Gasteiger partial charge >= 0.3 is 0 Å². The summed E-state index contributed by atoms with van der Waals surface area (Å²) in [6.07, 6.45) is 2.67. The molecule has 0 bridgehead atoms. The fraction of sp³-hybridized carbons (Fsp3) is 0.375. The molecule has 0 fully saturated rings. The summed E-state index contributed by atoms with van der Waals surface area (Å²) in [7, 11) is 0. The van der Waals surface area contributed by atoms with Crippen LogP contribution in [-0.4, -0.2) is 27.3 Å². The number of aromatic nitrogens is 2. The number of fused-ring (bicyclic) bond motifs is 1. The highest BCUT2D eigenvalue weighted by atomic mass is 35.5. The average Bonchev–Trinajstić information content (AvgIpc) is 2.81. The van der Waals surface area contributed by atoms with Crippen molar-refractivity contribution >= 4 is 40.3 Å². The summed E-state index contributed by atoms with van der Waals surface area (Å²) >= 11 is 7.50. The quantitative estimate of drug-likeness (QED) is 0.616. The number of thioether (sulfide) groups is 1. The Morgan fingerprint density at radius 1 is 1.59 bits per heavy atom. The third-order valence-corrected chi connectivity index (χ3v) is 4.52. The number of rotatable bonds is 7. The number of nitrogens with one attached hydrogen (secondary N) is 1. The number of halogens is 1. The van der Waals surface area contributed by atoms with Crippen molar-refractivity contribution in [2.24, 2.45) is 0 Å². The Bertz CT molecular complexity index is 683. The molecule has 0 radical (unpaired) electrons. The minimum absolute atomic E-state index is 0.0157. The molecule has 1 aromatic carbocycles. The normalized spacial score (nSPS) is 12.3. The van der Waals surface area contributed by atoms with Gasteiger partial charge in [-0.1, -0.05) is 36.4 Å². The molecular weight excluding hydrogens is 318 g/mol. The summed E-state index contributed by atoms with van der Waals surface area (Å²) < 4.78 is 2.15. The van der Waals surface area contributed by atoms with E-state index in [2.05, 4.69) is 28.4 Å². The van der Waals surface area contributed by atoms with E-state index in [1.165, 1.54) is 11.8 Å². The first-order valence-electron chi connectivity index (χ1n) is 7.27. The van der Waals surface area contributed by atoms with Gasteiger partial charge in [-0.05, 0) is 31.5 Å². The average molecular weight is 338 g/mol. The maximum absolute atomic E-state index is 12.0. The summed E-state index contributed by atoms with van der Waals surface area (Å²) in [6, 6.07) is 5.70. The van der Waals surface area contributed by atoms with Gasteiger partial charge in [0.15, 0.2) is 5.16 Å². The van der Waals surface area contributed by atoms with Crippen LogP contribution in [0, 0.1) is 0 Å². The van der Waals surface area contributed by atoms with Crippen LogP contribution in [0.3, 0.4) is 0 Å². The molecule has 2 rings (SSSR count). The zero-order valence-corrected chi connectivity index (χ0v) is 14.4. The van der Waals surface area contributed by atoms with Gasteiger partial charge in [0.2, 0.25) is 5.91 Å². The van der Waals surface area contributed by atoms with E-state index in [-0.39, 0.29) is 11.2 Å². The zero-order valence-electron chi connectivity index (χ0n) is 12.8. The van der Waals surface area contributed by atoms with Crippen molar-refractivity contribution in [2.75, 3.05) is 6.54 Å². The van der Waals surface area contributed by atoms with Crippen molar-refractivity contribution in [2.45, 2.75) is 37.2 Å². The smallest absolute Gasteiger partial charge is 0.233 e. The molecule has 0 spiro atoms. The third-order valence-electron chi connectivity index (χ3n) is 3.19. The summed E-state index contributed by atoms with van der Waals surface area (Å²) in [5, 5.41) is 4.11. The van der Waals surface area contributed by atoms with Gasteiger partial charge < -0.3 is 9.88 Å². The van der Waals surface area contributed by atoms with Gasteiger partial charge in [-0.15, -0.1) is 6.58 Å². The highest BCUT2D eigenvalue weighted by molar-refractivity contribution is 8.00. The molecule has 1 atom stereocenters. The molecular formula is C16H20ClN3OS. The number of carbonyl (C=O) groups excluding carboxylic acids is 1. The summed E-state index contributed by atoms with van der Waals surface area (Å²) in [6.45, 7) is 8.94. The molecule has 4 nitrogen and oxygen atoms in total. The van der Waals surface area contributed by atoms with Crippen LogP contribution in [-0.2, 0) is 11.3 Å². The van der Waals surface area contributed by atoms with Gasteiger partial charge in [-0.25, -0.2) is 4.98 Å². The Morgan fingerprint density at radius 3 is 3.05 bits per heavy atom. The molecule has 1 N–H and O–H groups in total. The van der Waals surface area contributed by atoms with E-state index in [1.54, 1.807) is 6.08 Å². The van der Waals surface area contributed by atoms with Gasteiger partial charge in [0.25, 0.3) is 0 Å². The van der Waals surface area contributed by atoms with Crippen molar-refractivity contribution in [1.29, 1.82) is 0 Å². The Balaban J connectivity index is 2.27. The van der Waals surface area contributed by atoms with Crippen molar-refractivity contribution in [3.63, 3.8) is 0 Å². The van der Waals surface area contributed by atoms with Crippen LogP contribution < -0.4 is 5.32 Å². The first-order valence-corrected chi connectivity index (χ1v) is 8.53. The first kappa shape index (κ1) is 16.9. The zero-order chi connectivity index (χ0) is 16.1. The van der Waals surface area contributed by atoms with Crippen LogP contribution in [0.4, 0.5) is 0 Å². The van der Waals surface area contributed by atoms with Gasteiger partial charge in [0, 0.05) is 18.1 Å². The lowest BCUT2D eigenvalue weighted by Crippen LogP contribution is -2.31. The van der Waals surface area contributed by atoms with E-state index in [0.29, 0.717) is 11.6 Å². The Labute approximate surface area is 139 Å². The molecule has 1 aromatic heterocycles. The molecule has 0 saturated heterocycles. The number of imidazole rings is 1. The Morgan fingerprint density at radius 2 is 2.36 bits per heavy atom. The van der Waals surface area contributed by atoms with Crippen LogP contribution in [0.25, 0.3) is 11.0 Å². The molecule has 0 aliphatic carbocycles. The predicted octanol–water partition coefficient (Wildman–Crippen LogP) is 3.88. The maximum Gasteiger partial charge on any atom is 0.233 e. The second kappa shape index (κ2) is 7.70. The van der Waals surface area contributed by atoms with Crippen LogP contribution in [0.1, 0.15) is 20.3 Å². The van der Waals surface area contributed by atoms with Crippen LogP contribution in [0.15, 0.2) is 36.0 Å². The monoisotopic (exact) mass is 337 g/mol. The maximum atomic E-state index is 12.0. The van der Waals surface area contributed by atoms with E-state index in [4.69, 9.17) is 11.6 Å². The minimum Gasteiger partial charge on any atom is -0.352 e. The van der Waals surface area contributed by atoms with Crippen molar-refractivity contribution < 1.29 is 4.79 Å². The van der Waals surface area contributed by atoms with Crippen LogP contribution in [0.2, 0.25) is 5.02 Å². The molecule has 1 amide bonds. The number of aryl methyl sites for hydroxylation is 1. The standard InChI is InChI=1S/C16H20ClN3OS/c1-4-8-18-15(21)11(3)22-16-19-13-10-12(17)6-7-14(13)20(16)9-5-2/h4,6-7,10-11H,1,5,8-9H2,2-3H3,(H,18,21). The number of benzene rings is 1. The van der Waals surface area contributed by atoms with Gasteiger partial charge in [-0.3, -0.25) is 4.79 Å². The highest BCUT2D eigenvalue weighted by Gasteiger charge is 2.18. The molecule has 22 heavy (non-hydrogen) atoms. The first-order chi connectivity index (χ1) is 10.6. The van der Waals surface area contributed by atoms with Crippen LogP contribution >= 0.6 is 23.4 Å². The lowest BCUT2D eigenvalue weighted by atomic mass is 10.3. The second-order valence-corrected chi connectivity index (χ2v) is 6.72. The van der Waals surface area contributed by atoms with E-state index < -0.39 is 0 Å². The van der Waals surface area contributed by atoms with Gasteiger partial charge in [0.05, 0.1) is 16.3 Å². The topological polar surface area (TPSA) is 46.9 Å². The molecule has 6 heteroatoms. The van der Waals surface area contributed by atoms with Crippen molar-refractivity contribution in [3.05, 3.63) is 35.9 Å². The number of nitrogens with zero attached hydrogens (tertiary/aromatic N) is 2.